The molecule has 0 unspecified atom stereocenters. The summed E-state index contributed by atoms with van der Waals surface area (Å²) in [7, 11) is 0. The van der Waals surface area contributed by atoms with E-state index >= 15 is 0 Å². The predicted molar refractivity (Wildman–Crippen MR) is 100 cm³/mol. The first-order valence-corrected chi connectivity index (χ1v) is 9.41. The summed E-state index contributed by atoms with van der Waals surface area (Å²) in [6, 6.07) is 4.37. The first-order chi connectivity index (χ1) is 12.2. The molecule has 0 aromatic heterocycles. The van der Waals surface area contributed by atoms with Gasteiger partial charge >= 0.3 is 0 Å². The van der Waals surface area contributed by atoms with Crippen molar-refractivity contribution in [2.45, 2.75) is 45.6 Å². The van der Waals surface area contributed by atoms with E-state index in [4.69, 9.17) is 0 Å². The molecule has 0 atom stereocenters. The molecule has 2 rings (SSSR count). The summed E-state index contributed by atoms with van der Waals surface area (Å²) in [6.07, 6.45) is 6.45. The Morgan fingerprint density at radius 1 is 1.20 bits per heavy atom. The zero-order chi connectivity index (χ0) is 17.9. The van der Waals surface area contributed by atoms with Gasteiger partial charge in [-0.05, 0) is 63.5 Å². The molecule has 0 spiro atoms. The van der Waals surface area contributed by atoms with Gasteiger partial charge in [-0.15, -0.1) is 0 Å². The molecule has 140 valence electrons. The molecule has 25 heavy (non-hydrogen) atoms. The van der Waals surface area contributed by atoms with Crippen molar-refractivity contribution in [3.63, 3.8) is 0 Å². The van der Waals surface area contributed by atoms with Gasteiger partial charge in [0.25, 0.3) is 0 Å². The number of benzene rings is 1. The average Bonchev–Trinajstić information content (AvgIpc) is 2.88. The molecule has 0 saturated carbocycles. The lowest BCUT2D eigenvalue weighted by Crippen LogP contribution is -2.39. The van der Waals surface area contributed by atoms with Crippen LogP contribution in [0.5, 0.6) is 5.75 Å². The minimum atomic E-state index is -0.608. The molecular weight excluding hydrogens is 319 g/mol. The third-order valence-corrected chi connectivity index (χ3v) is 4.42. The molecule has 1 heterocycles. The largest absolute Gasteiger partial charge is 0.505 e. The van der Waals surface area contributed by atoms with Crippen LogP contribution in [0.1, 0.15) is 44.6 Å². The molecule has 5 nitrogen and oxygen atoms in total. The maximum Gasteiger partial charge on any atom is 0.191 e. The number of rotatable bonds is 7. The molecule has 0 amide bonds. The Bertz CT molecular complexity index is 542. The van der Waals surface area contributed by atoms with Crippen molar-refractivity contribution < 1.29 is 9.50 Å². The summed E-state index contributed by atoms with van der Waals surface area (Å²) in [5.74, 6) is -0.193. The number of guanidine groups is 1. The summed E-state index contributed by atoms with van der Waals surface area (Å²) in [6.45, 7) is 7.61. The van der Waals surface area contributed by atoms with Gasteiger partial charge in [-0.25, -0.2) is 9.38 Å². The minimum absolute atomic E-state index is 0.328. The van der Waals surface area contributed by atoms with Crippen LogP contribution in [0, 0.1) is 5.82 Å². The van der Waals surface area contributed by atoms with E-state index < -0.39 is 5.82 Å². The third-order valence-electron chi connectivity index (χ3n) is 4.42. The first kappa shape index (κ1) is 19.5. The van der Waals surface area contributed by atoms with Gasteiger partial charge < -0.3 is 20.6 Å². The van der Waals surface area contributed by atoms with Crippen LogP contribution in [-0.2, 0) is 6.54 Å². The van der Waals surface area contributed by atoms with Crippen LogP contribution in [-0.4, -0.2) is 48.7 Å². The lowest BCUT2D eigenvalue weighted by Gasteiger charge is -2.20. The second-order valence-corrected chi connectivity index (χ2v) is 6.52. The number of phenolic OH excluding ortho intramolecular Hbond substituents is 1. The summed E-state index contributed by atoms with van der Waals surface area (Å²) in [4.78, 5) is 7.04. The van der Waals surface area contributed by atoms with Crippen LogP contribution >= 0.6 is 0 Å². The lowest BCUT2D eigenvalue weighted by molar-refractivity contribution is 0.282. The number of aliphatic imine (C=N–C) groups is 1. The number of phenols is 1. The number of nitrogens with zero attached hydrogens (tertiary/aromatic N) is 2. The normalized spacial score (nSPS) is 16.5. The highest BCUT2D eigenvalue weighted by atomic mass is 19.1. The van der Waals surface area contributed by atoms with E-state index in [0.29, 0.717) is 6.54 Å². The number of aromatic hydroxyl groups is 1. The van der Waals surface area contributed by atoms with Crippen molar-refractivity contribution in [3.8, 4) is 5.75 Å². The molecule has 1 aliphatic rings. The van der Waals surface area contributed by atoms with Gasteiger partial charge in [-0.2, -0.15) is 0 Å². The maximum atomic E-state index is 13.4. The Hall–Kier alpha value is -1.82. The van der Waals surface area contributed by atoms with Crippen molar-refractivity contribution in [1.82, 2.24) is 15.5 Å². The van der Waals surface area contributed by atoms with Crippen molar-refractivity contribution in [2.75, 3.05) is 32.7 Å². The zero-order valence-corrected chi connectivity index (χ0v) is 15.2. The molecule has 1 fully saturated rings. The van der Waals surface area contributed by atoms with Gasteiger partial charge in [-0.1, -0.05) is 18.9 Å². The van der Waals surface area contributed by atoms with Crippen molar-refractivity contribution in [3.05, 3.63) is 29.6 Å². The molecule has 1 aliphatic heterocycles. The number of likely N-dealkylation sites (tertiary alicyclic amines) is 1. The fourth-order valence-electron chi connectivity index (χ4n) is 3.03. The van der Waals surface area contributed by atoms with Crippen LogP contribution in [0.3, 0.4) is 0 Å². The third kappa shape index (κ3) is 7.30. The maximum absolute atomic E-state index is 13.4. The fourth-order valence-corrected chi connectivity index (χ4v) is 3.03. The highest BCUT2D eigenvalue weighted by Gasteiger charge is 2.08. The van der Waals surface area contributed by atoms with E-state index in [2.05, 4.69) is 20.5 Å². The first-order valence-electron chi connectivity index (χ1n) is 9.41. The van der Waals surface area contributed by atoms with E-state index in [0.717, 1.165) is 37.6 Å². The van der Waals surface area contributed by atoms with E-state index in [1.807, 2.05) is 6.92 Å². The fraction of sp³-hybridized carbons (Fsp3) is 0.632. The summed E-state index contributed by atoms with van der Waals surface area (Å²) >= 11 is 0. The average molecular weight is 350 g/mol. The monoisotopic (exact) mass is 350 g/mol. The van der Waals surface area contributed by atoms with E-state index in [1.54, 1.807) is 6.07 Å². The van der Waals surface area contributed by atoms with E-state index in [1.165, 1.54) is 50.9 Å². The Balaban J connectivity index is 1.75. The molecule has 0 bridgehead atoms. The Morgan fingerprint density at radius 2 is 1.96 bits per heavy atom. The second-order valence-electron chi connectivity index (χ2n) is 6.52. The Kier molecular flexibility index (Phi) is 8.52. The van der Waals surface area contributed by atoms with Crippen LogP contribution in [0.2, 0.25) is 0 Å². The topological polar surface area (TPSA) is 59.9 Å². The number of hydrogen-bond acceptors (Lipinski definition) is 3. The standard InChI is InChI=1S/C19H31FN4O/c1-2-21-19(23-15-16-8-9-18(25)17(20)14-16)22-10-7-13-24-11-5-3-4-6-12-24/h8-9,14,25H,2-7,10-13,15H2,1H3,(H2,21,22,23). The molecule has 0 radical (unpaired) electrons. The lowest BCUT2D eigenvalue weighted by atomic mass is 10.2. The minimum Gasteiger partial charge on any atom is -0.505 e. The highest BCUT2D eigenvalue weighted by Crippen LogP contribution is 2.16. The van der Waals surface area contributed by atoms with Crippen LogP contribution < -0.4 is 10.6 Å². The molecule has 0 aliphatic carbocycles. The van der Waals surface area contributed by atoms with E-state index in [9.17, 15) is 9.50 Å². The molecule has 1 aromatic rings. The van der Waals surface area contributed by atoms with Crippen molar-refractivity contribution >= 4 is 5.96 Å². The SMILES string of the molecule is CCNC(=NCc1ccc(O)c(F)c1)NCCCN1CCCCCC1. The van der Waals surface area contributed by atoms with Crippen LogP contribution in [0.25, 0.3) is 0 Å². The van der Waals surface area contributed by atoms with Crippen LogP contribution in [0.15, 0.2) is 23.2 Å². The number of nitrogens with one attached hydrogen (secondary N) is 2. The molecule has 1 aromatic carbocycles. The molecular formula is C19H31FN4O. The van der Waals surface area contributed by atoms with Gasteiger partial charge in [0, 0.05) is 13.1 Å². The highest BCUT2D eigenvalue weighted by molar-refractivity contribution is 5.79. The number of hydrogen-bond donors (Lipinski definition) is 3. The molecule has 1 saturated heterocycles. The molecule has 3 N–H and O–H groups in total. The van der Waals surface area contributed by atoms with Gasteiger partial charge in [0.2, 0.25) is 0 Å². The van der Waals surface area contributed by atoms with Crippen molar-refractivity contribution in [2.24, 2.45) is 4.99 Å². The predicted octanol–water partition coefficient (Wildman–Crippen LogP) is 2.85. The van der Waals surface area contributed by atoms with Gasteiger partial charge in [0.15, 0.2) is 17.5 Å². The Labute approximate surface area is 150 Å². The van der Waals surface area contributed by atoms with Crippen molar-refractivity contribution in [1.29, 1.82) is 0 Å². The smallest absolute Gasteiger partial charge is 0.191 e. The van der Waals surface area contributed by atoms with Gasteiger partial charge in [-0.3, -0.25) is 0 Å². The van der Waals surface area contributed by atoms with Gasteiger partial charge in [0.05, 0.1) is 6.54 Å². The summed E-state index contributed by atoms with van der Waals surface area (Å²) in [5.41, 5.74) is 0.733. The summed E-state index contributed by atoms with van der Waals surface area (Å²) in [5, 5.41) is 15.8. The van der Waals surface area contributed by atoms with E-state index in [-0.39, 0.29) is 5.75 Å². The van der Waals surface area contributed by atoms with Gasteiger partial charge in [0.1, 0.15) is 0 Å². The number of halogens is 1. The zero-order valence-electron chi connectivity index (χ0n) is 15.2. The van der Waals surface area contributed by atoms with Crippen LogP contribution in [0.4, 0.5) is 4.39 Å². The molecule has 6 heteroatoms. The summed E-state index contributed by atoms with van der Waals surface area (Å²) < 4.78 is 13.4. The Morgan fingerprint density at radius 3 is 2.64 bits per heavy atom. The quantitative estimate of drug-likeness (QED) is 0.402. The second kappa shape index (κ2) is 10.9.